The molecule has 3 aromatic rings. The van der Waals surface area contributed by atoms with Gasteiger partial charge in [-0.05, 0) is 35.7 Å². The SMILES string of the molecule is COc1cccc(OC)c1C(=O)NCC(O)(c1ccco1)c1cccs1. The predicted octanol–water partition coefficient (Wildman–Crippen LogP) is 3.02. The van der Waals surface area contributed by atoms with Gasteiger partial charge in [0.15, 0.2) is 5.60 Å². The largest absolute Gasteiger partial charge is 0.496 e. The highest BCUT2D eigenvalue weighted by Crippen LogP contribution is 2.33. The van der Waals surface area contributed by atoms with E-state index < -0.39 is 11.5 Å². The molecule has 3 rings (SSSR count). The third-order valence-corrected chi connectivity index (χ3v) is 5.04. The lowest BCUT2D eigenvalue weighted by Gasteiger charge is -2.25. The first kappa shape index (κ1) is 18.0. The molecule has 2 aromatic heterocycles. The van der Waals surface area contributed by atoms with Crippen molar-refractivity contribution >= 4 is 17.2 Å². The van der Waals surface area contributed by atoms with Crippen molar-refractivity contribution in [2.45, 2.75) is 5.60 Å². The molecule has 6 nitrogen and oxygen atoms in total. The molecule has 2 N–H and O–H groups in total. The highest BCUT2D eigenvalue weighted by Gasteiger charge is 2.36. The lowest BCUT2D eigenvalue weighted by atomic mass is 9.98. The van der Waals surface area contributed by atoms with E-state index in [0.29, 0.717) is 22.1 Å². The Hall–Kier alpha value is -2.77. The Bertz CT molecular complexity index is 802. The first-order chi connectivity index (χ1) is 12.6. The zero-order valence-corrected chi connectivity index (χ0v) is 15.2. The van der Waals surface area contributed by atoms with Gasteiger partial charge in [0.1, 0.15) is 22.8 Å². The van der Waals surface area contributed by atoms with Gasteiger partial charge in [0.05, 0.1) is 27.0 Å². The molecule has 0 saturated heterocycles. The van der Waals surface area contributed by atoms with Gasteiger partial charge >= 0.3 is 0 Å². The Morgan fingerprint density at radius 1 is 1.15 bits per heavy atom. The first-order valence-corrected chi connectivity index (χ1v) is 8.77. The molecule has 7 heteroatoms. The zero-order valence-electron chi connectivity index (χ0n) is 14.4. The van der Waals surface area contributed by atoms with Crippen LogP contribution in [0.2, 0.25) is 0 Å². The van der Waals surface area contributed by atoms with Crippen LogP contribution in [0.25, 0.3) is 0 Å². The quantitative estimate of drug-likeness (QED) is 0.665. The molecule has 0 bridgehead atoms. The second kappa shape index (κ2) is 7.63. The minimum Gasteiger partial charge on any atom is -0.496 e. The van der Waals surface area contributed by atoms with E-state index in [1.807, 2.05) is 11.4 Å². The molecule has 0 aliphatic rings. The summed E-state index contributed by atoms with van der Waals surface area (Å²) in [6, 6.07) is 12.1. The molecule has 0 aliphatic carbocycles. The van der Waals surface area contributed by atoms with Crippen LogP contribution in [0.3, 0.4) is 0 Å². The van der Waals surface area contributed by atoms with Crippen molar-refractivity contribution in [3.63, 3.8) is 0 Å². The smallest absolute Gasteiger partial charge is 0.258 e. The summed E-state index contributed by atoms with van der Waals surface area (Å²) in [6.45, 7) is -0.0684. The molecule has 0 aliphatic heterocycles. The number of hydrogen-bond acceptors (Lipinski definition) is 6. The topological polar surface area (TPSA) is 80.9 Å². The van der Waals surface area contributed by atoms with Crippen LogP contribution in [-0.4, -0.2) is 31.8 Å². The van der Waals surface area contributed by atoms with Gasteiger partial charge in [0, 0.05) is 4.88 Å². The standard InChI is InChI=1S/C19H19NO5S/c1-23-13-6-3-7-14(24-2)17(13)18(21)20-12-19(22,15-8-4-10-25-15)16-9-5-11-26-16/h3-11,22H,12H2,1-2H3,(H,20,21). The lowest BCUT2D eigenvalue weighted by Crippen LogP contribution is -2.41. The number of furan rings is 1. The maximum atomic E-state index is 12.8. The highest BCUT2D eigenvalue weighted by atomic mass is 32.1. The predicted molar refractivity (Wildman–Crippen MR) is 97.9 cm³/mol. The number of methoxy groups -OCH3 is 2. The maximum Gasteiger partial charge on any atom is 0.258 e. The molecule has 0 saturated carbocycles. The van der Waals surface area contributed by atoms with Crippen LogP contribution in [0.1, 0.15) is 21.0 Å². The highest BCUT2D eigenvalue weighted by molar-refractivity contribution is 7.10. The summed E-state index contributed by atoms with van der Waals surface area (Å²) < 4.78 is 15.9. The number of aliphatic hydroxyl groups is 1. The summed E-state index contributed by atoms with van der Waals surface area (Å²) in [5.41, 5.74) is -1.20. The Morgan fingerprint density at radius 3 is 2.42 bits per heavy atom. The summed E-state index contributed by atoms with van der Waals surface area (Å²) in [6.07, 6.45) is 1.49. The molecule has 2 heterocycles. The molecule has 1 amide bonds. The van der Waals surface area contributed by atoms with Crippen LogP contribution in [-0.2, 0) is 5.60 Å². The molecule has 0 radical (unpaired) electrons. The average Bonchev–Trinajstić information content (AvgIpc) is 3.39. The van der Waals surface area contributed by atoms with E-state index in [1.54, 1.807) is 36.4 Å². The number of hydrogen-bond donors (Lipinski definition) is 2. The van der Waals surface area contributed by atoms with E-state index >= 15 is 0 Å². The molecule has 1 aromatic carbocycles. The fraction of sp³-hybridized carbons (Fsp3) is 0.211. The maximum absolute atomic E-state index is 12.8. The van der Waals surface area contributed by atoms with Crippen LogP contribution < -0.4 is 14.8 Å². The molecule has 136 valence electrons. The lowest BCUT2D eigenvalue weighted by molar-refractivity contribution is 0.0552. The number of amides is 1. The molecule has 1 unspecified atom stereocenters. The number of rotatable bonds is 7. The molecule has 1 atom stereocenters. The van der Waals surface area contributed by atoms with Crippen LogP contribution in [0.4, 0.5) is 0 Å². The molecule has 26 heavy (non-hydrogen) atoms. The molecule has 0 fully saturated rings. The number of benzene rings is 1. The summed E-state index contributed by atoms with van der Waals surface area (Å²) in [5.74, 6) is 0.715. The van der Waals surface area contributed by atoms with E-state index in [1.165, 1.54) is 31.8 Å². The van der Waals surface area contributed by atoms with E-state index in [4.69, 9.17) is 13.9 Å². The Balaban J connectivity index is 1.88. The van der Waals surface area contributed by atoms with Crippen LogP contribution in [0, 0.1) is 0 Å². The Labute approximate surface area is 155 Å². The van der Waals surface area contributed by atoms with E-state index in [-0.39, 0.29) is 12.1 Å². The fourth-order valence-corrected chi connectivity index (χ4v) is 3.52. The van der Waals surface area contributed by atoms with Gasteiger partial charge in [-0.2, -0.15) is 0 Å². The van der Waals surface area contributed by atoms with Crippen molar-refractivity contribution in [1.29, 1.82) is 0 Å². The van der Waals surface area contributed by atoms with Gasteiger partial charge in [-0.25, -0.2) is 0 Å². The summed E-state index contributed by atoms with van der Waals surface area (Å²) in [5, 5.41) is 15.8. The number of carbonyl (C=O) groups is 1. The van der Waals surface area contributed by atoms with Crippen LogP contribution >= 0.6 is 11.3 Å². The number of thiophene rings is 1. The van der Waals surface area contributed by atoms with Crippen molar-refractivity contribution < 1.29 is 23.8 Å². The molecule has 0 spiro atoms. The van der Waals surface area contributed by atoms with Crippen LogP contribution in [0.15, 0.2) is 58.5 Å². The summed E-state index contributed by atoms with van der Waals surface area (Å²) in [4.78, 5) is 13.4. The van der Waals surface area contributed by atoms with Gasteiger partial charge in [-0.3, -0.25) is 4.79 Å². The van der Waals surface area contributed by atoms with Gasteiger partial charge in [-0.15, -0.1) is 11.3 Å². The van der Waals surface area contributed by atoms with Crippen molar-refractivity contribution in [1.82, 2.24) is 5.32 Å². The normalized spacial score (nSPS) is 13.0. The summed E-state index contributed by atoms with van der Waals surface area (Å²) in [7, 11) is 2.97. The Morgan fingerprint density at radius 2 is 1.88 bits per heavy atom. The fourth-order valence-electron chi connectivity index (χ4n) is 2.70. The third-order valence-electron chi connectivity index (χ3n) is 4.02. The summed E-state index contributed by atoms with van der Waals surface area (Å²) >= 11 is 1.38. The third kappa shape index (κ3) is 3.31. The second-order valence-corrected chi connectivity index (χ2v) is 6.48. The minimum absolute atomic E-state index is 0.0684. The van der Waals surface area contributed by atoms with Crippen molar-refractivity contribution in [2.24, 2.45) is 0 Å². The first-order valence-electron chi connectivity index (χ1n) is 7.89. The van der Waals surface area contributed by atoms with Gasteiger partial charge in [0.25, 0.3) is 5.91 Å². The van der Waals surface area contributed by atoms with E-state index in [0.717, 1.165) is 0 Å². The number of carbonyl (C=O) groups excluding carboxylic acids is 1. The number of nitrogens with one attached hydrogen (secondary N) is 1. The molecular formula is C19H19NO5S. The van der Waals surface area contributed by atoms with E-state index in [9.17, 15) is 9.90 Å². The molecular weight excluding hydrogens is 354 g/mol. The van der Waals surface area contributed by atoms with Gasteiger partial charge in [0.2, 0.25) is 0 Å². The second-order valence-electron chi connectivity index (χ2n) is 5.54. The average molecular weight is 373 g/mol. The van der Waals surface area contributed by atoms with Crippen molar-refractivity contribution in [3.8, 4) is 11.5 Å². The van der Waals surface area contributed by atoms with Crippen molar-refractivity contribution in [3.05, 3.63) is 70.3 Å². The van der Waals surface area contributed by atoms with E-state index in [2.05, 4.69) is 5.32 Å². The van der Waals surface area contributed by atoms with Crippen LogP contribution in [0.5, 0.6) is 11.5 Å². The Kier molecular flexibility index (Phi) is 5.29. The monoisotopic (exact) mass is 373 g/mol. The minimum atomic E-state index is -1.47. The number of ether oxygens (including phenoxy) is 2. The zero-order chi connectivity index (χ0) is 18.6. The van der Waals surface area contributed by atoms with Gasteiger partial charge < -0.3 is 24.3 Å². The van der Waals surface area contributed by atoms with Gasteiger partial charge in [-0.1, -0.05) is 12.1 Å². The van der Waals surface area contributed by atoms with Crippen molar-refractivity contribution in [2.75, 3.05) is 20.8 Å².